The lowest BCUT2D eigenvalue weighted by Crippen LogP contribution is -2.37. The number of ether oxygens (including phenoxy) is 2. The molecular weight excluding hydrogens is 214 g/mol. The first-order valence-electron chi connectivity index (χ1n) is 4.57. The smallest absolute Gasteiger partial charge is 0.338 e. The maximum absolute atomic E-state index is 10.8. The summed E-state index contributed by atoms with van der Waals surface area (Å²) >= 11 is 0. The van der Waals surface area contributed by atoms with Crippen LogP contribution in [0.5, 0.6) is 0 Å². The van der Waals surface area contributed by atoms with Crippen molar-refractivity contribution in [2.45, 2.75) is 0 Å². The Morgan fingerprint density at radius 1 is 1.25 bits per heavy atom. The zero-order chi connectivity index (χ0) is 12.0. The molecule has 0 N–H and O–H groups in total. The number of hydrogen-bond acceptors (Lipinski definition) is 5. The minimum absolute atomic E-state index is 0.00347. The van der Waals surface area contributed by atoms with Gasteiger partial charge in [0.05, 0.1) is 6.61 Å². The van der Waals surface area contributed by atoms with E-state index in [0.717, 1.165) is 12.2 Å². The van der Waals surface area contributed by atoms with Crippen LogP contribution in [0.1, 0.15) is 0 Å². The number of rotatable bonds is 1. The van der Waals surface area contributed by atoms with Crippen molar-refractivity contribution in [1.29, 1.82) is 0 Å². The Hall–Kier alpha value is -1.95. The predicted molar refractivity (Wildman–Crippen MR) is 53.0 cm³/mol. The topological polar surface area (TPSA) is 72.9 Å². The lowest BCUT2D eigenvalue weighted by molar-refractivity contribution is -0.150. The Kier molecular flexibility index (Phi) is 4.41. The molecule has 0 aromatic carbocycles. The number of cyclic esters (lactones) is 2. The van der Waals surface area contributed by atoms with E-state index < -0.39 is 11.9 Å². The second-order valence-electron chi connectivity index (χ2n) is 2.90. The fourth-order valence-corrected chi connectivity index (χ4v) is 1.03. The van der Waals surface area contributed by atoms with Crippen LogP contribution in [-0.4, -0.2) is 42.5 Å². The van der Waals surface area contributed by atoms with Crippen molar-refractivity contribution < 1.29 is 23.9 Å². The molecule has 2 aliphatic heterocycles. The molecule has 6 heteroatoms. The lowest BCUT2D eigenvalue weighted by atomic mass is 10.4. The van der Waals surface area contributed by atoms with Crippen molar-refractivity contribution in [2.24, 2.45) is 0 Å². The molecule has 0 aromatic heterocycles. The Morgan fingerprint density at radius 2 is 1.88 bits per heavy atom. The molecule has 0 aromatic rings. The van der Waals surface area contributed by atoms with E-state index in [-0.39, 0.29) is 12.5 Å². The highest BCUT2D eigenvalue weighted by Crippen LogP contribution is 1.97. The van der Waals surface area contributed by atoms with E-state index in [1.165, 1.54) is 6.20 Å². The maximum atomic E-state index is 10.8. The van der Waals surface area contributed by atoms with Gasteiger partial charge in [-0.25, -0.2) is 9.59 Å². The van der Waals surface area contributed by atoms with Crippen molar-refractivity contribution in [2.75, 3.05) is 19.8 Å². The summed E-state index contributed by atoms with van der Waals surface area (Å²) in [6.07, 6.45) is 3.70. The number of hydrogen-bond donors (Lipinski definition) is 0. The van der Waals surface area contributed by atoms with E-state index >= 15 is 0 Å². The fourth-order valence-electron chi connectivity index (χ4n) is 1.03. The van der Waals surface area contributed by atoms with E-state index in [1.54, 1.807) is 4.90 Å². The van der Waals surface area contributed by atoms with E-state index in [9.17, 15) is 14.4 Å². The number of nitrogens with zero attached hydrogens (tertiary/aromatic N) is 1. The summed E-state index contributed by atoms with van der Waals surface area (Å²) in [5.41, 5.74) is 0. The second kappa shape index (κ2) is 5.82. The van der Waals surface area contributed by atoms with Crippen LogP contribution in [0.4, 0.5) is 0 Å². The molecule has 6 nitrogen and oxygen atoms in total. The molecule has 0 spiro atoms. The van der Waals surface area contributed by atoms with E-state index in [0.29, 0.717) is 13.2 Å². The average molecular weight is 225 g/mol. The number of amides is 1. The minimum atomic E-state index is -0.579. The van der Waals surface area contributed by atoms with Gasteiger partial charge in [0.2, 0.25) is 0 Å². The van der Waals surface area contributed by atoms with Crippen molar-refractivity contribution >= 4 is 17.8 Å². The van der Waals surface area contributed by atoms with Gasteiger partial charge in [-0.15, -0.1) is 0 Å². The molecule has 86 valence electrons. The molecule has 0 unspecified atom stereocenters. The average Bonchev–Trinajstić information content (AvgIpc) is 2.64. The van der Waals surface area contributed by atoms with Crippen molar-refractivity contribution in [3.63, 3.8) is 0 Å². The minimum Gasteiger partial charge on any atom is -0.387 e. The van der Waals surface area contributed by atoms with Gasteiger partial charge >= 0.3 is 11.9 Å². The quantitative estimate of drug-likeness (QED) is 0.449. The van der Waals surface area contributed by atoms with Gasteiger partial charge in [-0.05, 0) is 6.20 Å². The SMILES string of the molecule is C=CN1CCOCC1=O.O=C1C=CC(=O)O1. The summed E-state index contributed by atoms with van der Waals surface area (Å²) in [5, 5.41) is 0. The van der Waals surface area contributed by atoms with Gasteiger partial charge < -0.3 is 14.4 Å². The van der Waals surface area contributed by atoms with Crippen LogP contribution in [0.2, 0.25) is 0 Å². The molecule has 0 atom stereocenters. The molecule has 16 heavy (non-hydrogen) atoms. The Balaban J connectivity index is 0.000000165. The van der Waals surface area contributed by atoms with Crippen molar-refractivity contribution in [1.82, 2.24) is 4.90 Å². The zero-order valence-electron chi connectivity index (χ0n) is 8.55. The van der Waals surface area contributed by atoms with E-state index in [4.69, 9.17) is 4.74 Å². The molecule has 0 radical (unpaired) electrons. The second-order valence-corrected chi connectivity index (χ2v) is 2.90. The Bertz CT molecular complexity index is 331. The summed E-state index contributed by atoms with van der Waals surface area (Å²) in [5.74, 6) is -1.16. The van der Waals surface area contributed by atoms with Crippen LogP contribution in [0.15, 0.2) is 24.9 Å². The Morgan fingerprint density at radius 3 is 2.19 bits per heavy atom. The van der Waals surface area contributed by atoms with Crippen molar-refractivity contribution in [3.05, 3.63) is 24.9 Å². The molecule has 0 aliphatic carbocycles. The third-order valence-electron chi connectivity index (χ3n) is 1.80. The summed E-state index contributed by atoms with van der Waals surface area (Å²) in [6.45, 7) is 4.95. The lowest BCUT2D eigenvalue weighted by Gasteiger charge is -2.22. The highest BCUT2D eigenvalue weighted by atomic mass is 16.6. The normalized spacial score (nSPS) is 19.0. The van der Waals surface area contributed by atoms with Gasteiger partial charge in [-0.2, -0.15) is 0 Å². The molecule has 1 saturated heterocycles. The molecule has 0 saturated carbocycles. The Labute approximate surface area is 92.1 Å². The highest BCUT2D eigenvalue weighted by molar-refractivity contribution is 6.04. The number of esters is 2. The van der Waals surface area contributed by atoms with Gasteiger partial charge in [0.15, 0.2) is 0 Å². The summed E-state index contributed by atoms with van der Waals surface area (Å²) in [6, 6.07) is 0. The van der Waals surface area contributed by atoms with Crippen molar-refractivity contribution in [3.8, 4) is 0 Å². The van der Waals surface area contributed by atoms with Gasteiger partial charge in [0.1, 0.15) is 6.61 Å². The first-order chi connectivity index (χ1) is 7.63. The molecule has 2 heterocycles. The summed E-state index contributed by atoms with van der Waals surface area (Å²) in [7, 11) is 0. The van der Waals surface area contributed by atoms with Crippen LogP contribution in [0.25, 0.3) is 0 Å². The van der Waals surface area contributed by atoms with Crippen LogP contribution in [0.3, 0.4) is 0 Å². The third-order valence-corrected chi connectivity index (χ3v) is 1.80. The van der Waals surface area contributed by atoms with Crippen LogP contribution in [-0.2, 0) is 23.9 Å². The number of morpholine rings is 1. The molecule has 1 amide bonds. The molecule has 1 fully saturated rings. The predicted octanol–water partition coefficient (Wildman–Crippen LogP) is -0.385. The number of carbonyl (C=O) groups is 3. The fraction of sp³-hybridized carbons (Fsp3) is 0.300. The monoisotopic (exact) mass is 225 g/mol. The molecular formula is C10H11NO5. The first-order valence-corrected chi connectivity index (χ1v) is 4.57. The summed E-state index contributed by atoms with van der Waals surface area (Å²) < 4.78 is 8.85. The van der Waals surface area contributed by atoms with Crippen LogP contribution < -0.4 is 0 Å². The standard InChI is InChI=1S/C6H9NO2.C4H2O3/c1-2-7-3-4-9-5-6(7)8;5-3-1-2-4(6)7-3/h2H,1,3-5H2;1-2H. The van der Waals surface area contributed by atoms with Crippen LogP contribution >= 0.6 is 0 Å². The van der Waals surface area contributed by atoms with Gasteiger partial charge in [0, 0.05) is 18.7 Å². The first kappa shape index (κ1) is 12.1. The highest BCUT2D eigenvalue weighted by Gasteiger charge is 2.14. The van der Waals surface area contributed by atoms with Crippen LogP contribution in [0, 0.1) is 0 Å². The van der Waals surface area contributed by atoms with Gasteiger partial charge in [0.25, 0.3) is 5.91 Å². The van der Waals surface area contributed by atoms with E-state index in [2.05, 4.69) is 11.3 Å². The molecule has 2 aliphatic rings. The molecule has 2 rings (SSSR count). The van der Waals surface area contributed by atoms with E-state index in [1.807, 2.05) is 0 Å². The third kappa shape index (κ3) is 3.66. The zero-order valence-corrected chi connectivity index (χ0v) is 8.55. The number of carbonyl (C=O) groups excluding carboxylic acids is 3. The maximum Gasteiger partial charge on any atom is 0.338 e. The molecule has 0 bridgehead atoms. The largest absolute Gasteiger partial charge is 0.387 e. The summed E-state index contributed by atoms with van der Waals surface area (Å²) in [4.78, 5) is 32.2. The van der Waals surface area contributed by atoms with Gasteiger partial charge in [-0.3, -0.25) is 4.79 Å². The van der Waals surface area contributed by atoms with Gasteiger partial charge in [-0.1, -0.05) is 6.58 Å².